The monoisotopic (exact) mass is 286 g/mol. The van der Waals surface area contributed by atoms with E-state index < -0.39 is 0 Å². The van der Waals surface area contributed by atoms with Gasteiger partial charge in [-0.15, -0.1) is 0 Å². The van der Waals surface area contributed by atoms with Crippen LogP contribution in [0.1, 0.15) is 31.7 Å². The van der Waals surface area contributed by atoms with Crippen molar-refractivity contribution in [2.24, 2.45) is 5.92 Å². The second kappa shape index (κ2) is 6.61. The zero-order valence-corrected chi connectivity index (χ0v) is 13.0. The lowest BCUT2D eigenvalue weighted by Crippen LogP contribution is -2.46. The smallest absolute Gasteiger partial charge is 0.219 e. The molecule has 0 N–H and O–H groups in total. The Kier molecular flexibility index (Phi) is 4.59. The molecule has 1 aromatic rings. The van der Waals surface area contributed by atoms with Crippen molar-refractivity contribution in [2.45, 2.75) is 38.6 Å². The fourth-order valence-electron chi connectivity index (χ4n) is 3.90. The minimum atomic E-state index is 0.260. The number of rotatable bonds is 4. The van der Waals surface area contributed by atoms with E-state index in [1.54, 1.807) is 6.92 Å². The number of carbonyl (C=O) groups is 1. The molecule has 3 saturated heterocycles. The number of aryl methyl sites for hydroxylation is 1. The number of nitrogens with zero attached hydrogens (tertiary/aromatic N) is 2. The van der Waals surface area contributed by atoms with E-state index in [4.69, 9.17) is 0 Å². The highest BCUT2D eigenvalue weighted by Crippen LogP contribution is 2.28. The maximum Gasteiger partial charge on any atom is 0.219 e. The zero-order valence-electron chi connectivity index (χ0n) is 13.0. The van der Waals surface area contributed by atoms with Crippen LogP contribution in [-0.2, 0) is 11.2 Å². The number of hydrogen-bond donors (Lipinski definition) is 0. The summed E-state index contributed by atoms with van der Waals surface area (Å²) in [6.07, 6.45) is 4.86. The average Bonchev–Trinajstić information content (AvgIpc) is 2.79. The zero-order chi connectivity index (χ0) is 14.7. The van der Waals surface area contributed by atoms with Crippen LogP contribution in [0.5, 0.6) is 0 Å². The van der Waals surface area contributed by atoms with Crippen molar-refractivity contribution >= 4 is 5.91 Å². The maximum atomic E-state index is 11.8. The molecule has 1 amide bonds. The molecule has 0 spiro atoms. The predicted octanol–water partition coefficient (Wildman–Crippen LogP) is 2.56. The number of benzene rings is 1. The van der Waals surface area contributed by atoms with Crippen LogP contribution in [0.25, 0.3) is 0 Å². The van der Waals surface area contributed by atoms with Crippen molar-refractivity contribution < 1.29 is 4.79 Å². The third kappa shape index (κ3) is 3.65. The molecule has 3 heteroatoms. The molecule has 2 atom stereocenters. The normalized spacial score (nSPS) is 25.9. The molecule has 3 aliphatic rings. The van der Waals surface area contributed by atoms with Crippen molar-refractivity contribution in [3.63, 3.8) is 0 Å². The van der Waals surface area contributed by atoms with Crippen LogP contribution in [0, 0.1) is 5.92 Å². The van der Waals surface area contributed by atoms with Gasteiger partial charge in [0.05, 0.1) is 0 Å². The summed E-state index contributed by atoms with van der Waals surface area (Å²) in [5.74, 6) is 0.945. The Balaban J connectivity index is 1.52. The highest BCUT2D eigenvalue weighted by molar-refractivity contribution is 5.73. The predicted molar refractivity (Wildman–Crippen MR) is 85.1 cm³/mol. The Labute approximate surface area is 127 Å². The molecule has 3 aliphatic heterocycles. The molecule has 4 rings (SSSR count). The van der Waals surface area contributed by atoms with E-state index in [9.17, 15) is 4.79 Å². The van der Waals surface area contributed by atoms with Gasteiger partial charge >= 0.3 is 0 Å². The first-order chi connectivity index (χ1) is 10.2. The van der Waals surface area contributed by atoms with Gasteiger partial charge in [-0.1, -0.05) is 30.3 Å². The van der Waals surface area contributed by atoms with Crippen LogP contribution >= 0.6 is 0 Å². The van der Waals surface area contributed by atoms with Gasteiger partial charge in [-0.25, -0.2) is 0 Å². The number of carbonyl (C=O) groups excluding carboxylic acids is 1. The number of piperidine rings is 1. The summed E-state index contributed by atoms with van der Waals surface area (Å²) in [6, 6.07) is 11.2. The minimum Gasteiger partial charge on any atom is -0.338 e. The van der Waals surface area contributed by atoms with Gasteiger partial charge in [0.1, 0.15) is 0 Å². The summed E-state index contributed by atoms with van der Waals surface area (Å²) < 4.78 is 0. The van der Waals surface area contributed by atoms with E-state index in [0.717, 1.165) is 26.1 Å². The van der Waals surface area contributed by atoms with Crippen LogP contribution < -0.4 is 0 Å². The van der Waals surface area contributed by atoms with Crippen molar-refractivity contribution in [3.8, 4) is 0 Å². The molecule has 0 radical (unpaired) electrons. The molecule has 0 saturated carbocycles. The van der Waals surface area contributed by atoms with Crippen LogP contribution in [0.4, 0.5) is 0 Å². The molecular weight excluding hydrogens is 260 g/mol. The topological polar surface area (TPSA) is 23.6 Å². The summed E-state index contributed by atoms with van der Waals surface area (Å²) >= 11 is 0. The average molecular weight is 286 g/mol. The quantitative estimate of drug-likeness (QED) is 0.849. The highest BCUT2D eigenvalue weighted by Gasteiger charge is 2.35. The Morgan fingerprint density at radius 1 is 1.14 bits per heavy atom. The van der Waals surface area contributed by atoms with Gasteiger partial charge in [0.25, 0.3) is 0 Å². The molecule has 0 aliphatic carbocycles. The molecule has 0 aromatic heterocycles. The van der Waals surface area contributed by atoms with E-state index in [1.807, 2.05) is 0 Å². The minimum absolute atomic E-state index is 0.260. The Bertz CT molecular complexity index is 473. The summed E-state index contributed by atoms with van der Waals surface area (Å²) in [6.45, 7) is 6.11. The van der Waals surface area contributed by atoms with Crippen molar-refractivity contribution in [1.29, 1.82) is 0 Å². The van der Waals surface area contributed by atoms with Gasteiger partial charge < -0.3 is 9.80 Å². The molecular formula is C18H26N2O. The molecule has 21 heavy (non-hydrogen) atoms. The number of fused-ring (bicyclic) bond motifs is 4. The molecule has 0 unspecified atom stereocenters. The highest BCUT2D eigenvalue weighted by atomic mass is 16.2. The van der Waals surface area contributed by atoms with Crippen molar-refractivity contribution in [2.75, 3.05) is 26.2 Å². The first-order valence-electron chi connectivity index (χ1n) is 8.26. The first-order valence-corrected chi connectivity index (χ1v) is 8.26. The van der Waals surface area contributed by atoms with Gasteiger partial charge in [0.15, 0.2) is 0 Å². The molecule has 3 nitrogen and oxygen atoms in total. The molecule has 114 valence electrons. The Morgan fingerprint density at radius 3 is 2.71 bits per heavy atom. The van der Waals surface area contributed by atoms with Gasteiger partial charge in [0.2, 0.25) is 5.91 Å². The summed E-state index contributed by atoms with van der Waals surface area (Å²) in [4.78, 5) is 16.5. The molecule has 3 fully saturated rings. The van der Waals surface area contributed by atoms with Gasteiger partial charge in [-0.2, -0.15) is 0 Å². The lowest BCUT2D eigenvalue weighted by atomic mass is 9.95. The lowest BCUT2D eigenvalue weighted by molar-refractivity contribution is -0.132. The van der Waals surface area contributed by atoms with Gasteiger partial charge in [-0.05, 0) is 43.7 Å². The largest absolute Gasteiger partial charge is 0.338 e. The van der Waals surface area contributed by atoms with Crippen LogP contribution in [0.15, 0.2) is 30.3 Å². The third-order valence-corrected chi connectivity index (χ3v) is 4.98. The first kappa shape index (κ1) is 14.6. The lowest BCUT2D eigenvalue weighted by Gasteiger charge is -2.35. The van der Waals surface area contributed by atoms with E-state index in [-0.39, 0.29) is 5.91 Å². The van der Waals surface area contributed by atoms with E-state index >= 15 is 0 Å². The maximum absolute atomic E-state index is 11.8. The van der Waals surface area contributed by atoms with Crippen LogP contribution in [0.2, 0.25) is 0 Å². The summed E-state index contributed by atoms with van der Waals surface area (Å²) in [5, 5.41) is 0. The van der Waals surface area contributed by atoms with E-state index in [1.165, 1.54) is 31.4 Å². The number of amides is 1. The molecule has 2 bridgehead atoms. The number of hydrogen-bond acceptors (Lipinski definition) is 2. The molecule has 3 heterocycles. The molecule has 1 aromatic carbocycles. The van der Waals surface area contributed by atoms with Crippen molar-refractivity contribution in [1.82, 2.24) is 9.80 Å². The van der Waals surface area contributed by atoms with E-state index in [0.29, 0.717) is 12.0 Å². The third-order valence-electron chi connectivity index (χ3n) is 4.98. The van der Waals surface area contributed by atoms with Crippen molar-refractivity contribution in [3.05, 3.63) is 35.9 Å². The summed E-state index contributed by atoms with van der Waals surface area (Å²) in [7, 11) is 0. The second-order valence-electron chi connectivity index (χ2n) is 6.62. The van der Waals surface area contributed by atoms with Gasteiger partial charge in [0, 0.05) is 32.6 Å². The van der Waals surface area contributed by atoms with E-state index in [2.05, 4.69) is 40.1 Å². The SMILES string of the molecule is CC(=O)N1C[C@@H]2CC[C@H]1CN(CCCc1ccccc1)C2. The fraction of sp³-hybridized carbons (Fsp3) is 0.611. The van der Waals surface area contributed by atoms with Gasteiger partial charge in [-0.3, -0.25) is 4.79 Å². The van der Waals surface area contributed by atoms with Crippen LogP contribution in [0.3, 0.4) is 0 Å². The Morgan fingerprint density at radius 2 is 1.95 bits per heavy atom. The Hall–Kier alpha value is -1.35. The standard InChI is InChI=1S/C18H26N2O/c1-15(21)20-13-17-9-10-18(20)14-19(12-17)11-5-8-16-6-3-2-4-7-16/h2-4,6-7,17-18H,5,8-14H2,1H3/t17-,18+/m1/s1. The summed E-state index contributed by atoms with van der Waals surface area (Å²) in [5.41, 5.74) is 1.43. The second-order valence-corrected chi connectivity index (χ2v) is 6.62. The fourth-order valence-corrected chi connectivity index (χ4v) is 3.90. The van der Waals surface area contributed by atoms with Crippen LogP contribution in [-0.4, -0.2) is 47.9 Å².